The quantitative estimate of drug-likeness (QED) is 0.678. The topological polar surface area (TPSA) is 17.1 Å². The summed E-state index contributed by atoms with van der Waals surface area (Å²) in [6.07, 6.45) is 5.26. The van der Waals surface area contributed by atoms with Gasteiger partial charge in [0, 0.05) is 4.90 Å². The van der Waals surface area contributed by atoms with Crippen molar-refractivity contribution in [3.8, 4) is 0 Å². The zero-order valence-corrected chi connectivity index (χ0v) is 8.14. The Morgan fingerprint density at radius 2 is 2.23 bits per heavy atom. The number of hydrogen-bond donors (Lipinski definition) is 0. The third kappa shape index (κ3) is 1.94. The van der Waals surface area contributed by atoms with Crippen molar-refractivity contribution >= 4 is 18.0 Å². The minimum Gasteiger partial charge on any atom is -0.290 e. The largest absolute Gasteiger partial charge is 0.290 e. The first-order chi connectivity index (χ1) is 6.40. The molecule has 1 aliphatic heterocycles. The molecule has 0 spiro atoms. The third-order valence-corrected chi connectivity index (χ3v) is 3.55. The number of aryl methyl sites for hydroxylation is 1. The van der Waals surface area contributed by atoms with Gasteiger partial charge in [0.25, 0.3) is 0 Å². The minimum atomic E-state index is 0.0450. The van der Waals surface area contributed by atoms with Crippen molar-refractivity contribution in [2.45, 2.75) is 29.4 Å². The second kappa shape index (κ2) is 3.97. The Morgan fingerprint density at radius 3 is 3.08 bits per heavy atom. The molecule has 2 rings (SSSR count). The third-order valence-electron chi connectivity index (χ3n) is 2.29. The van der Waals surface area contributed by atoms with Crippen LogP contribution in [0.3, 0.4) is 0 Å². The van der Waals surface area contributed by atoms with E-state index in [1.54, 1.807) is 11.8 Å². The van der Waals surface area contributed by atoms with Gasteiger partial charge in [-0.2, -0.15) is 0 Å². The van der Waals surface area contributed by atoms with Crippen molar-refractivity contribution in [1.29, 1.82) is 0 Å². The second-order valence-electron chi connectivity index (χ2n) is 3.22. The lowest BCUT2D eigenvalue weighted by Crippen LogP contribution is -2.01. The molecule has 0 amide bonds. The zero-order chi connectivity index (χ0) is 9.10. The highest BCUT2D eigenvalue weighted by molar-refractivity contribution is 8.00. The summed E-state index contributed by atoms with van der Waals surface area (Å²) < 4.78 is 0. The van der Waals surface area contributed by atoms with Gasteiger partial charge < -0.3 is 0 Å². The molecule has 1 nitrogen and oxygen atoms in total. The molecular formula is C11H11OS. The lowest BCUT2D eigenvalue weighted by atomic mass is 10.1. The Kier molecular flexibility index (Phi) is 2.69. The molecule has 0 fully saturated rings. The zero-order valence-electron chi connectivity index (χ0n) is 7.32. The Balaban J connectivity index is 2.28. The van der Waals surface area contributed by atoms with Crippen LogP contribution in [0.1, 0.15) is 18.4 Å². The summed E-state index contributed by atoms with van der Waals surface area (Å²) in [4.78, 5) is 11.8. The first-order valence-corrected chi connectivity index (χ1v) is 5.40. The van der Waals surface area contributed by atoms with Gasteiger partial charge in [0.2, 0.25) is 6.29 Å². The predicted molar refractivity (Wildman–Crippen MR) is 54.7 cm³/mol. The first-order valence-electron chi connectivity index (χ1n) is 4.52. The molecule has 0 saturated carbocycles. The van der Waals surface area contributed by atoms with E-state index in [4.69, 9.17) is 0 Å². The molecule has 1 aromatic carbocycles. The number of thioether (sulfide) groups is 1. The van der Waals surface area contributed by atoms with Crippen LogP contribution in [0.4, 0.5) is 0 Å². The smallest absolute Gasteiger partial charge is 0.212 e. The van der Waals surface area contributed by atoms with Gasteiger partial charge in [-0.05, 0) is 30.9 Å². The molecule has 1 aliphatic rings. The van der Waals surface area contributed by atoms with E-state index in [9.17, 15) is 4.79 Å². The fraction of sp³-hybridized carbons (Fsp3) is 0.364. The van der Waals surface area contributed by atoms with Gasteiger partial charge in [-0.15, -0.1) is 11.8 Å². The monoisotopic (exact) mass is 191 g/mol. The molecule has 0 N–H and O–H groups in total. The molecular weight excluding hydrogens is 180 g/mol. The summed E-state index contributed by atoms with van der Waals surface area (Å²) in [6.45, 7) is 0. The van der Waals surface area contributed by atoms with Crippen molar-refractivity contribution in [3.63, 3.8) is 0 Å². The van der Waals surface area contributed by atoms with E-state index in [-0.39, 0.29) is 5.25 Å². The highest BCUT2D eigenvalue weighted by Crippen LogP contribution is 2.32. The van der Waals surface area contributed by atoms with Gasteiger partial charge in [0.05, 0.1) is 5.25 Å². The number of fused-ring (bicyclic) bond motifs is 1. The summed E-state index contributed by atoms with van der Waals surface area (Å²) in [7, 11) is 0. The van der Waals surface area contributed by atoms with E-state index in [0.29, 0.717) is 0 Å². The summed E-state index contributed by atoms with van der Waals surface area (Å²) in [5, 5.41) is 0.0450. The molecule has 1 radical (unpaired) electrons. The minimum absolute atomic E-state index is 0.0450. The number of benzene rings is 1. The molecule has 0 saturated heterocycles. The van der Waals surface area contributed by atoms with Gasteiger partial charge in [-0.25, -0.2) is 0 Å². The molecule has 1 atom stereocenters. The molecule has 0 bridgehead atoms. The fourth-order valence-electron chi connectivity index (χ4n) is 1.60. The molecule has 13 heavy (non-hydrogen) atoms. The lowest BCUT2D eigenvalue weighted by molar-refractivity contribution is 0.549. The van der Waals surface area contributed by atoms with Crippen molar-refractivity contribution < 1.29 is 4.79 Å². The van der Waals surface area contributed by atoms with Crippen LogP contribution in [0, 0.1) is 0 Å². The van der Waals surface area contributed by atoms with Crippen LogP contribution in [0.25, 0.3) is 0 Å². The van der Waals surface area contributed by atoms with Gasteiger partial charge in [-0.1, -0.05) is 18.2 Å². The normalized spacial score (nSPS) is 21.7. The molecule has 1 aromatic rings. The van der Waals surface area contributed by atoms with E-state index >= 15 is 0 Å². The molecule has 1 heterocycles. The number of hydrogen-bond acceptors (Lipinski definition) is 2. The summed E-state index contributed by atoms with van der Waals surface area (Å²) in [6, 6.07) is 8.33. The van der Waals surface area contributed by atoms with Crippen LogP contribution < -0.4 is 0 Å². The maximum Gasteiger partial charge on any atom is 0.212 e. The SMILES string of the molecule is O=[C]C1CCCc2ccccc2S1. The van der Waals surface area contributed by atoms with E-state index < -0.39 is 0 Å². The molecule has 67 valence electrons. The molecule has 2 heteroatoms. The maximum atomic E-state index is 10.6. The van der Waals surface area contributed by atoms with Crippen molar-refractivity contribution in [1.82, 2.24) is 0 Å². The van der Waals surface area contributed by atoms with E-state index in [2.05, 4.69) is 24.5 Å². The molecule has 0 aromatic heterocycles. The van der Waals surface area contributed by atoms with Gasteiger partial charge in [0.15, 0.2) is 0 Å². The lowest BCUT2D eigenvalue weighted by Gasteiger charge is -2.05. The molecule has 1 unspecified atom stereocenters. The number of rotatable bonds is 1. The second-order valence-corrected chi connectivity index (χ2v) is 4.47. The Morgan fingerprint density at radius 1 is 1.38 bits per heavy atom. The Hall–Kier alpha value is -0.760. The van der Waals surface area contributed by atoms with Gasteiger partial charge in [-0.3, -0.25) is 4.79 Å². The van der Waals surface area contributed by atoms with Crippen LogP contribution in [0.2, 0.25) is 0 Å². The average molecular weight is 191 g/mol. The van der Waals surface area contributed by atoms with Crippen LogP contribution in [-0.2, 0) is 11.2 Å². The Labute approximate surface area is 82.5 Å². The predicted octanol–water partition coefficient (Wildman–Crippen LogP) is 2.59. The summed E-state index contributed by atoms with van der Waals surface area (Å²) >= 11 is 1.65. The van der Waals surface area contributed by atoms with Crippen LogP contribution >= 0.6 is 11.8 Å². The van der Waals surface area contributed by atoms with Crippen molar-refractivity contribution in [3.05, 3.63) is 29.8 Å². The summed E-state index contributed by atoms with van der Waals surface area (Å²) in [5.41, 5.74) is 1.38. The van der Waals surface area contributed by atoms with Gasteiger partial charge in [0.1, 0.15) is 0 Å². The average Bonchev–Trinajstić information content (AvgIpc) is 2.38. The van der Waals surface area contributed by atoms with Crippen LogP contribution in [-0.4, -0.2) is 11.5 Å². The van der Waals surface area contributed by atoms with E-state index in [1.807, 2.05) is 6.07 Å². The van der Waals surface area contributed by atoms with Crippen molar-refractivity contribution in [2.24, 2.45) is 0 Å². The van der Waals surface area contributed by atoms with Gasteiger partial charge >= 0.3 is 0 Å². The Bertz CT molecular complexity index is 309. The van der Waals surface area contributed by atoms with Crippen LogP contribution in [0.15, 0.2) is 29.2 Å². The van der Waals surface area contributed by atoms with E-state index in [0.717, 1.165) is 19.3 Å². The first kappa shape index (κ1) is 8.82. The highest BCUT2D eigenvalue weighted by Gasteiger charge is 2.16. The van der Waals surface area contributed by atoms with Crippen molar-refractivity contribution in [2.75, 3.05) is 0 Å². The maximum absolute atomic E-state index is 10.6. The standard InChI is InChI=1S/C11H11OS/c12-8-10-6-3-5-9-4-1-2-7-11(9)13-10/h1-2,4,7,10H,3,5-6H2. The highest BCUT2D eigenvalue weighted by atomic mass is 32.2. The van der Waals surface area contributed by atoms with E-state index in [1.165, 1.54) is 10.5 Å². The molecule has 0 aliphatic carbocycles. The number of carbonyl (C=O) groups excluding carboxylic acids is 1. The fourth-order valence-corrected chi connectivity index (χ4v) is 2.72. The summed E-state index contributed by atoms with van der Waals surface area (Å²) in [5.74, 6) is 0. The van der Waals surface area contributed by atoms with Crippen LogP contribution in [0.5, 0.6) is 0 Å².